The maximum Gasteiger partial charge on any atom is 0.160 e. The summed E-state index contributed by atoms with van der Waals surface area (Å²) in [6.45, 7) is 0. The molecule has 2 rings (SSSR count). The van der Waals surface area contributed by atoms with Crippen LogP contribution < -0.4 is 10.1 Å². The van der Waals surface area contributed by atoms with Gasteiger partial charge in [-0.05, 0) is 37.9 Å². The van der Waals surface area contributed by atoms with Gasteiger partial charge < -0.3 is 15.2 Å². The zero-order valence-corrected chi connectivity index (χ0v) is 9.21. The molecule has 0 unspecified atom stereocenters. The van der Waals surface area contributed by atoms with Crippen molar-refractivity contribution in [3.63, 3.8) is 0 Å². The second kappa shape index (κ2) is 3.74. The van der Waals surface area contributed by atoms with E-state index in [2.05, 4.69) is 5.32 Å². The number of nitrogens with one attached hydrogen (secondary N) is 1. The highest BCUT2D eigenvalue weighted by molar-refractivity contribution is 5.46. The maximum absolute atomic E-state index is 9.92. The number of hydrogen-bond acceptors (Lipinski definition) is 3. The van der Waals surface area contributed by atoms with E-state index in [1.807, 2.05) is 19.2 Å². The lowest BCUT2D eigenvalue weighted by atomic mass is 10.0. The molecule has 0 aliphatic heterocycles. The third kappa shape index (κ3) is 1.92. The minimum atomic E-state index is 0.212. The highest BCUT2D eigenvalue weighted by Crippen LogP contribution is 2.41. The number of methoxy groups -OCH3 is 1. The van der Waals surface area contributed by atoms with Gasteiger partial charge in [0.2, 0.25) is 0 Å². The number of aromatic hydroxyl groups is 1. The molecule has 0 amide bonds. The first kappa shape index (κ1) is 10.3. The second-order valence-corrected chi connectivity index (χ2v) is 4.18. The summed E-state index contributed by atoms with van der Waals surface area (Å²) in [6, 6.07) is 5.65. The third-order valence-corrected chi connectivity index (χ3v) is 3.22. The van der Waals surface area contributed by atoms with Crippen molar-refractivity contribution in [1.29, 1.82) is 0 Å². The number of rotatable bonds is 4. The van der Waals surface area contributed by atoms with Crippen molar-refractivity contribution in [2.45, 2.75) is 24.8 Å². The van der Waals surface area contributed by atoms with Crippen LogP contribution >= 0.6 is 0 Å². The Kier molecular flexibility index (Phi) is 2.57. The molecule has 0 atom stereocenters. The Hall–Kier alpha value is -1.22. The summed E-state index contributed by atoms with van der Waals surface area (Å²) in [6.07, 6.45) is 3.23. The molecule has 1 aliphatic carbocycles. The highest BCUT2D eigenvalue weighted by atomic mass is 16.5. The van der Waals surface area contributed by atoms with Crippen LogP contribution in [0, 0.1) is 0 Å². The molecule has 15 heavy (non-hydrogen) atoms. The molecular formula is C12H17NO2. The van der Waals surface area contributed by atoms with Gasteiger partial charge in [0.05, 0.1) is 7.11 Å². The molecule has 0 saturated heterocycles. The van der Waals surface area contributed by atoms with Crippen molar-refractivity contribution in [2.24, 2.45) is 0 Å². The first-order chi connectivity index (χ1) is 7.21. The predicted octanol–water partition coefficient (Wildman–Crippen LogP) is 1.70. The topological polar surface area (TPSA) is 41.5 Å². The molecule has 0 aromatic heterocycles. The van der Waals surface area contributed by atoms with Gasteiger partial charge in [-0.2, -0.15) is 0 Å². The van der Waals surface area contributed by atoms with Crippen LogP contribution in [0.1, 0.15) is 18.4 Å². The van der Waals surface area contributed by atoms with Crippen LogP contribution in [0.5, 0.6) is 11.5 Å². The van der Waals surface area contributed by atoms with E-state index in [0.29, 0.717) is 5.75 Å². The molecule has 82 valence electrons. The van der Waals surface area contributed by atoms with E-state index in [1.165, 1.54) is 12.8 Å². The minimum absolute atomic E-state index is 0.212. The SMILES string of the molecule is CNC1(Cc2cccc(OC)c2O)CC1. The Morgan fingerprint density at radius 2 is 2.20 bits per heavy atom. The lowest BCUT2D eigenvalue weighted by molar-refractivity contribution is 0.368. The monoisotopic (exact) mass is 207 g/mol. The molecule has 1 aromatic rings. The van der Waals surface area contributed by atoms with Crippen molar-refractivity contribution in [3.05, 3.63) is 23.8 Å². The minimum Gasteiger partial charge on any atom is -0.504 e. The highest BCUT2D eigenvalue weighted by Gasteiger charge is 2.41. The van der Waals surface area contributed by atoms with Crippen molar-refractivity contribution in [3.8, 4) is 11.5 Å². The van der Waals surface area contributed by atoms with E-state index >= 15 is 0 Å². The summed E-state index contributed by atoms with van der Waals surface area (Å²) >= 11 is 0. The summed E-state index contributed by atoms with van der Waals surface area (Å²) < 4.78 is 5.08. The fourth-order valence-corrected chi connectivity index (χ4v) is 1.91. The number of hydrogen-bond donors (Lipinski definition) is 2. The average molecular weight is 207 g/mol. The van der Waals surface area contributed by atoms with Gasteiger partial charge >= 0.3 is 0 Å². The Bertz CT molecular complexity index is 359. The zero-order chi connectivity index (χ0) is 10.9. The second-order valence-electron chi connectivity index (χ2n) is 4.18. The smallest absolute Gasteiger partial charge is 0.160 e. The molecule has 2 N–H and O–H groups in total. The lowest BCUT2D eigenvalue weighted by Gasteiger charge is -2.15. The van der Waals surface area contributed by atoms with Crippen LogP contribution in [-0.4, -0.2) is 24.8 Å². The number of para-hydroxylation sites is 1. The third-order valence-electron chi connectivity index (χ3n) is 3.22. The first-order valence-electron chi connectivity index (χ1n) is 5.24. The van der Waals surface area contributed by atoms with E-state index in [4.69, 9.17) is 4.74 Å². The summed E-state index contributed by atoms with van der Waals surface area (Å²) in [7, 11) is 3.55. The van der Waals surface area contributed by atoms with E-state index in [9.17, 15) is 5.11 Å². The number of benzene rings is 1. The number of phenolic OH excluding ortho intramolecular Hbond substituents is 1. The Labute approximate surface area is 90.1 Å². The van der Waals surface area contributed by atoms with E-state index < -0.39 is 0 Å². The van der Waals surface area contributed by atoms with Crippen molar-refractivity contribution in [2.75, 3.05) is 14.2 Å². The average Bonchev–Trinajstić information content (AvgIpc) is 3.02. The molecule has 3 heteroatoms. The normalized spacial score (nSPS) is 17.5. The van der Waals surface area contributed by atoms with Crippen molar-refractivity contribution >= 4 is 0 Å². The molecule has 0 heterocycles. The van der Waals surface area contributed by atoms with Gasteiger partial charge in [0.25, 0.3) is 0 Å². The molecule has 0 radical (unpaired) electrons. The lowest BCUT2D eigenvalue weighted by Crippen LogP contribution is -2.29. The largest absolute Gasteiger partial charge is 0.504 e. The number of likely N-dealkylation sites (N-methyl/N-ethyl adjacent to an activating group) is 1. The van der Waals surface area contributed by atoms with Gasteiger partial charge in [-0.15, -0.1) is 0 Å². The van der Waals surface area contributed by atoms with Gasteiger partial charge in [-0.3, -0.25) is 0 Å². The van der Waals surface area contributed by atoms with E-state index in [-0.39, 0.29) is 11.3 Å². The van der Waals surface area contributed by atoms with Gasteiger partial charge in [-0.1, -0.05) is 12.1 Å². The molecule has 1 fully saturated rings. The zero-order valence-electron chi connectivity index (χ0n) is 9.21. The molecule has 0 spiro atoms. The van der Waals surface area contributed by atoms with Gasteiger partial charge in [0, 0.05) is 5.54 Å². The Morgan fingerprint density at radius 1 is 1.47 bits per heavy atom. The van der Waals surface area contributed by atoms with E-state index in [0.717, 1.165) is 12.0 Å². The Morgan fingerprint density at radius 3 is 2.73 bits per heavy atom. The van der Waals surface area contributed by atoms with Crippen molar-refractivity contribution in [1.82, 2.24) is 5.32 Å². The number of phenols is 1. The standard InChI is InChI=1S/C12H17NO2/c1-13-12(6-7-12)8-9-4-3-5-10(15-2)11(9)14/h3-5,13-14H,6-8H2,1-2H3. The van der Waals surface area contributed by atoms with Crippen LogP contribution in [0.15, 0.2) is 18.2 Å². The molecule has 1 saturated carbocycles. The summed E-state index contributed by atoms with van der Waals surface area (Å²) in [5, 5.41) is 13.2. The molecule has 1 aliphatic rings. The van der Waals surface area contributed by atoms with Crippen LogP contribution in [0.25, 0.3) is 0 Å². The van der Waals surface area contributed by atoms with Crippen LogP contribution in [0.4, 0.5) is 0 Å². The van der Waals surface area contributed by atoms with Gasteiger partial charge in [0.1, 0.15) is 0 Å². The molecular weight excluding hydrogens is 190 g/mol. The van der Waals surface area contributed by atoms with Gasteiger partial charge in [0.15, 0.2) is 11.5 Å². The van der Waals surface area contributed by atoms with Gasteiger partial charge in [-0.25, -0.2) is 0 Å². The fraction of sp³-hybridized carbons (Fsp3) is 0.500. The Balaban J connectivity index is 2.21. The molecule has 1 aromatic carbocycles. The van der Waals surface area contributed by atoms with Crippen LogP contribution in [-0.2, 0) is 6.42 Å². The fourth-order valence-electron chi connectivity index (χ4n) is 1.91. The van der Waals surface area contributed by atoms with Crippen molar-refractivity contribution < 1.29 is 9.84 Å². The summed E-state index contributed by atoms with van der Waals surface area (Å²) in [5.41, 5.74) is 1.17. The first-order valence-corrected chi connectivity index (χ1v) is 5.24. The molecule has 3 nitrogen and oxygen atoms in total. The quantitative estimate of drug-likeness (QED) is 0.789. The van der Waals surface area contributed by atoms with Crippen LogP contribution in [0.2, 0.25) is 0 Å². The molecule has 0 bridgehead atoms. The van der Waals surface area contributed by atoms with E-state index in [1.54, 1.807) is 13.2 Å². The summed E-state index contributed by atoms with van der Waals surface area (Å²) in [5.74, 6) is 0.834. The van der Waals surface area contributed by atoms with Crippen LogP contribution in [0.3, 0.4) is 0 Å². The number of ether oxygens (including phenoxy) is 1. The predicted molar refractivity (Wildman–Crippen MR) is 59.4 cm³/mol. The maximum atomic E-state index is 9.92. The summed E-state index contributed by atoms with van der Waals surface area (Å²) in [4.78, 5) is 0.